The Hall–Kier alpha value is -1.80. The zero-order valence-corrected chi connectivity index (χ0v) is 12.3. The molecule has 2 nitrogen and oxygen atoms in total. The number of ether oxygens (including phenoxy) is 1. The summed E-state index contributed by atoms with van der Waals surface area (Å²) in [4.78, 5) is 0. The summed E-state index contributed by atoms with van der Waals surface area (Å²) in [6.07, 6.45) is 1.21. The van der Waals surface area contributed by atoms with Gasteiger partial charge in [0.1, 0.15) is 11.5 Å². The third-order valence-electron chi connectivity index (χ3n) is 3.10. The van der Waals surface area contributed by atoms with E-state index in [1.807, 2.05) is 42.5 Å². The van der Waals surface area contributed by atoms with Crippen molar-refractivity contribution in [3.8, 4) is 11.5 Å². The van der Waals surface area contributed by atoms with Crippen molar-refractivity contribution in [1.82, 2.24) is 5.32 Å². The van der Waals surface area contributed by atoms with E-state index in [4.69, 9.17) is 4.74 Å². The molecule has 106 valence electrons. The molecular weight excluding hydrogens is 246 g/mol. The Labute approximate surface area is 121 Å². The zero-order chi connectivity index (χ0) is 14.2. The fourth-order valence-corrected chi connectivity index (χ4v) is 1.97. The summed E-state index contributed by atoms with van der Waals surface area (Å²) >= 11 is 0. The summed E-state index contributed by atoms with van der Waals surface area (Å²) in [6.45, 7) is 6.44. The molecule has 0 aliphatic heterocycles. The minimum absolute atomic E-state index is 0.746. The van der Waals surface area contributed by atoms with E-state index < -0.39 is 0 Å². The Morgan fingerprint density at radius 3 is 2.45 bits per heavy atom. The van der Waals surface area contributed by atoms with Gasteiger partial charge in [-0.15, -0.1) is 0 Å². The van der Waals surface area contributed by atoms with Crippen LogP contribution in [0.3, 0.4) is 0 Å². The van der Waals surface area contributed by atoms with Crippen LogP contribution in [0.15, 0.2) is 54.6 Å². The first-order valence-corrected chi connectivity index (χ1v) is 7.26. The summed E-state index contributed by atoms with van der Waals surface area (Å²) < 4.78 is 5.84. The molecule has 0 atom stereocenters. The first-order valence-electron chi connectivity index (χ1n) is 7.26. The lowest BCUT2D eigenvalue weighted by atomic mass is 10.1. The second-order valence-electron chi connectivity index (χ2n) is 5.42. The van der Waals surface area contributed by atoms with Gasteiger partial charge < -0.3 is 10.1 Å². The lowest BCUT2D eigenvalue weighted by Crippen LogP contribution is -2.16. The minimum atomic E-state index is 0.746. The van der Waals surface area contributed by atoms with E-state index in [0.717, 1.165) is 30.5 Å². The number of rotatable bonds is 7. The highest BCUT2D eigenvalue weighted by Gasteiger charge is 1.99. The molecule has 2 aromatic carbocycles. The van der Waals surface area contributed by atoms with E-state index in [0.29, 0.717) is 0 Å². The van der Waals surface area contributed by atoms with Gasteiger partial charge in [0.2, 0.25) is 0 Å². The molecule has 0 saturated carbocycles. The summed E-state index contributed by atoms with van der Waals surface area (Å²) in [5.41, 5.74) is 1.25. The number of hydrogen-bond acceptors (Lipinski definition) is 2. The molecule has 0 heterocycles. The van der Waals surface area contributed by atoms with Crippen molar-refractivity contribution < 1.29 is 4.74 Å². The van der Waals surface area contributed by atoms with E-state index >= 15 is 0 Å². The van der Waals surface area contributed by atoms with Crippen molar-refractivity contribution in [3.05, 3.63) is 60.2 Å². The molecule has 0 aliphatic carbocycles. The molecular formula is C18H23NO. The second-order valence-corrected chi connectivity index (χ2v) is 5.42. The van der Waals surface area contributed by atoms with Crippen molar-refractivity contribution in [1.29, 1.82) is 0 Å². The Morgan fingerprint density at radius 2 is 1.70 bits per heavy atom. The molecule has 0 saturated heterocycles. The van der Waals surface area contributed by atoms with Crippen LogP contribution < -0.4 is 10.1 Å². The highest BCUT2D eigenvalue weighted by molar-refractivity contribution is 5.33. The van der Waals surface area contributed by atoms with Crippen LogP contribution in [0.4, 0.5) is 0 Å². The molecule has 0 bridgehead atoms. The molecule has 1 N–H and O–H groups in total. The van der Waals surface area contributed by atoms with Gasteiger partial charge in [0, 0.05) is 6.54 Å². The number of benzene rings is 2. The van der Waals surface area contributed by atoms with Gasteiger partial charge in [-0.3, -0.25) is 0 Å². The maximum Gasteiger partial charge on any atom is 0.127 e. The Kier molecular flexibility index (Phi) is 5.63. The fourth-order valence-electron chi connectivity index (χ4n) is 1.97. The molecule has 2 rings (SSSR count). The van der Waals surface area contributed by atoms with Crippen molar-refractivity contribution in [2.24, 2.45) is 5.92 Å². The lowest BCUT2D eigenvalue weighted by molar-refractivity contribution is 0.481. The number of nitrogens with one attached hydrogen (secondary N) is 1. The molecule has 20 heavy (non-hydrogen) atoms. The second kappa shape index (κ2) is 7.71. The first kappa shape index (κ1) is 14.6. The van der Waals surface area contributed by atoms with Gasteiger partial charge in [0.15, 0.2) is 0 Å². The van der Waals surface area contributed by atoms with Crippen LogP contribution in [0.2, 0.25) is 0 Å². The SMILES string of the molecule is CC(C)CCNCc1cccc(Oc2ccccc2)c1. The lowest BCUT2D eigenvalue weighted by Gasteiger charge is -2.09. The van der Waals surface area contributed by atoms with E-state index in [2.05, 4.69) is 31.3 Å². The standard InChI is InChI=1S/C18H23NO/c1-15(2)11-12-19-14-16-7-6-10-18(13-16)20-17-8-4-3-5-9-17/h3-10,13,15,19H,11-12,14H2,1-2H3. The smallest absolute Gasteiger partial charge is 0.127 e. The monoisotopic (exact) mass is 269 g/mol. The van der Waals surface area contributed by atoms with Crippen molar-refractivity contribution in [3.63, 3.8) is 0 Å². The summed E-state index contributed by atoms with van der Waals surface area (Å²) in [5.74, 6) is 2.51. The van der Waals surface area contributed by atoms with E-state index in [-0.39, 0.29) is 0 Å². The molecule has 2 heteroatoms. The first-order chi connectivity index (χ1) is 9.74. The molecule has 0 fully saturated rings. The third-order valence-corrected chi connectivity index (χ3v) is 3.10. The zero-order valence-electron chi connectivity index (χ0n) is 12.3. The van der Waals surface area contributed by atoms with Crippen LogP contribution in [0.5, 0.6) is 11.5 Å². The third kappa shape index (κ3) is 5.06. The van der Waals surface area contributed by atoms with Crippen molar-refractivity contribution in [2.75, 3.05) is 6.54 Å². The Bertz CT molecular complexity index is 508. The molecule has 0 spiro atoms. The molecule has 0 aromatic heterocycles. The Morgan fingerprint density at radius 1 is 0.950 bits per heavy atom. The van der Waals surface area contributed by atoms with Gasteiger partial charge in [-0.2, -0.15) is 0 Å². The van der Waals surface area contributed by atoms with Crippen LogP contribution in [-0.2, 0) is 6.54 Å². The quantitative estimate of drug-likeness (QED) is 0.741. The van der Waals surface area contributed by atoms with Crippen LogP contribution in [0.25, 0.3) is 0 Å². The maximum absolute atomic E-state index is 5.84. The highest BCUT2D eigenvalue weighted by Crippen LogP contribution is 2.21. The largest absolute Gasteiger partial charge is 0.457 e. The van der Waals surface area contributed by atoms with Crippen LogP contribution in [0, 0.1) is 5.92 Å². The van der Waals surface area contributed by atoms with Gasteiger partial charge in [-0.1, -0.05) is 44.2 Å². The van der Waals surface area contributed by atoms with Gasteiger partial charge >= 0.3 is 0 Å². The summed E-state index contributed by atoms with van der Waals surface area (Å²) in [7, 11) is 0. The minimum Gasteiger partial charge on any atom is -0.457 e. The van der Waals surface area contributed by atoms with E-state index in [1.54, 1.807) is 0 Å². The van der Waals surface area contributed by atoms with Gasteiger partial charge in [0.25, 0.3) is 0 Å². The Balaban J connectivity index is 1.88. The average molecular weight is 269 g/mol. The molecule has 0 amide bonds. The van der Waals surface area contributed by atoms with Crippen molar-refractivity contribution >= 4 is 0 Å². The highest BCUT2D eigenvalue weighted by atomic mass is 16.5. The molecule has 0 unspecified atom stereocenters. The summed E-state index contributed by atoms with van der Waals surface area (Å²) in [5, 5.41) is 3.47. The predicted octanol–water partition coefficient (Wildman–Crippen LogP) is 4.61. The normalized spacial score (nSPS) is 10.8. The topological polar surface area (TPSA) is 21.3 Å². The van der Waals surface area contributed by atoms with Crippen LogP contribution in [0.1, 0.15) is 25.8 Å². The fraction of sp³-hybridized carbons (Fsp3) is 0.333. The van der Waals surface area contributed by atoms with Gasteiger partial charge in [-0.05, 0) is 48.7 Å². The van der Waals surface area contributed by atoms with Crippen molar-refractivity contribution in [2.45, 2.75) is 26.8 Å². The van der Waals surface area contributed by atoms with Gasteiger partial charge in [0.05, 0.1) is 0 Å². The van der Waals surface area contributed by atoms with Crippen LogP contribution >= 0.6 is 0 Å². The average Bonchev–Trinajstić information content (AvgIpc) is 2.45. The predicted molar refractivity (Wildman–Crippen MR) is 84.1 cm³/mol. The molecule has 0 aliphatic rings. The van der Waals surface area contributed by atoms with Gasteiger partial charge in [-0.25, -0.2) is 0 Å². The number of hydrogen-bond donors (Lipinski definition) is 1. The molecule has 0 radical (unpaired) electrons. The van der Waals surface area contributed by atoms with E-state index in [9.17, 15) is 0 Å². The maximum atomic E-state index is 5.84. The van der Waals surface area contributed by atoms with Crippen LogP contribution in [-0.4, -0.2) is 6.54 Å². The number of para-hydroxylation sites is 1. The van der Waals surface area contributed by atoms with E-state index in [1.165, 1.54) is 12.0 Å². The molecule has 2 aromatic rings. The summed E-state index contributed by atoms with van der Waals surface area (Å²) in [6, 6.07) is 18.1.